The smallest absolute Gasteiger partial charge is 0.413 e. The summed E-state index contributed by atoms with van der Waals surface area (Å²) in [6.07, 6.45) is -1.68. The van der Waals surface area contributed by atoms with E-state index in [9.17, 15) is 9.59 Å². The van der Waals surface area contributed by atoms with Gasteiger partial charge in [-0.05, 0) is 31.0 Å². The minimum atomic E-state index is -1.07. The number of benzene rings is 2. The number of morpholine rings is 1. The van der Waals surface area contributed by atoms with Crippen LogP contribution < -0.4 is 15.2 Å². The third-order valence-electron chi connectivity index (χ3n) is 5.12. The molecule has 1 aliphatic rings. The van der Waals surface area contributed by atoms with Crippen molar-refractivity contribution in [3.8, 4) is 11.5 Å². The number of ether oxygens (including phenoxy) is 5. The van der Waals surface area contributed by atoms with E-state index in [1.807, 2.05) is 61.5 Å². The third-order valence-corrected chi connectivity index (χ3v) is 5.12. The van der Waals surface area contributed by atoms with Crippen LogP contribution in [0.2, 0.25) is 0 Å². The normalized spacial score (nSPS) is 17.4. The number of amides is 1. The highest BCUT2D eigenvalue weighted by Crippen LogP contribution is 2.26. The van der Waals surface area contributed by atoms with Crippen molar-refractivity contribution in [2.75, 3.05) is 32.9 Å². The van der Waals surface area contributed by atoms with Gasteiger partial charge in [-0.15, -0.1) is 0 Å². The summed E-state index contributed by atoms with van der Waals surface area (Å²) in [5.74, 6) is 0.628. The Morgan fingerprint density at radius 3 is 2.44 bits per heavy atom. The van der Waals surface area contributed by atoms with Crippen molar-refractivity contribution in [3.63, 3.8) is 0 Å². The van der Waals surface area contributed by atoms with Gasteiger partial charge >= 0.3 is 12.1 Å². The van der Waals surface area contributed by atoms with Crippen LogP contribution in [0.4, 0.5) is 4.79 Å². The van der Waals surface area contributed by atoms with E-state index in [2.05, 4.69) is 0 Å². The summed E-state index contributed by atoms with van der Waals surface area (Å²) in [4.78, 5) is 26.3. The molecule has 2 aromatic rings. The molecule has 2 N–H and O–H groups in total. The van der Waals surface area contributed by atoms with Crippen LogP contribution in [-0.4, -0.2) is 68.3 Å². The lowest BCUT2D eigenvalue weighted by Gasteiger charge is -2.32. The van der Waals surface area contributed by atoms with Crippen molar-refractivity contribution in [3.05, 3.63) is 60.2 Å². The summed E-state index contributed by atoms with van der Waals surface area (Å²) < 4.78 is 27.6. The van der Waals surface area contributed by atoms with Gasteiger partial charge in [-0.1, -0.05) is 42.5 Å². The first-order valence-electron chi connectivity index (χ1n) is 11.4. The molecule has 34 heavy (non-hydrogen) atoms. The minimum absolute atomic E-state index is 0.243. The topological polar surface area (TPSA) is 110 Å². The predicted octanol–water partition coefficient (Wildman–Crippen LogP) is 2.76. The minimum Gasteiger partial charge on any atom is -0.490 e. The van der Waals surface area contributed by atoms with Crippen molar-refractivity contribution in [2.45, 2.75) is 38.7 Å². The molecule has 1 saturated heterocycles. The van der Waals surface area contributed by atoms with Crippen molar-refractivity contribution in [2.24, 2.45) is 5.73 Å². The van der Waals surface area contributed by atoms with Crippen LogP contribution in [-0.2, 0) is 25.4 Å². The van der Waals surface area contributed by atoms with Gasteiger partial charge in [-0.2, -0.15) is 0 Å². The largest absolute Gasteiger partial charge is 0.490 e. The second-order valence-corrected chi connectivity index (χ2v) is 7.81. The Morgan fingerprint density at radius 2 is 1.74 bits per heavy atom. The van der Waals surface area contributed by atoms with E-state index >= 15 is 0 Å². The lowest BCUT2D eigenvalue weighted by Crippen LogP contribution is -2.48. The van der Waals surface area contributed by atoms with E-state index in [1.165, 1.54) is 11.8 Å². The molecular formula is C25H32N2O7. The number of nitrogens with two attached hydrogens (primary N) is 1. The summed E-state index contributed by atoms with van der Waals surface area (Å²) in [5, 5.41) is 0. The second-order valence-electron chi connectivity index (χ2n) is 7.81. The summed E-state index contributed by atoms with van der Waals surface area (Å²) in [6, 6.07) is 15.9. The van der Waals surface area contributed by atoms with Gasteiger partial charge in [0.15, 0.2) is 11.5 Å². The van der Waals surface area contributed by atoms with Crippen LogP contribution in [0.25, 0.3) is 0 Å². The fourth-order valence-electron chi connectivity index (χ4n) is 3.46. The molecular weight excluding hydrogens is 440 g/mol. The fraction of sp³-hybridized carbons (Fsp3) is 0.440. The molecule has 9 heteroatoms. The molecule has 9 nitrogen and oxygen atoms in total. The third kappa shape index (κ3) is 7.64. The SMILES string of the molecule is CCOc1ccccc1OCC1CN(C(=O)OC(C)OC(=O)[C@@H](N)Cc2ccccc2)CCO1. The van der Waals surface area contributed by atoms with Gasteiger partial charge < -0.3 is 34.3 Å². The number of esters is 1. The number of hydrogen-bond donors (Lipinski definition) is 1. The monoisotopic (exact) mass is 472 g/mol. The van der Waals surface area contributed by atoms with E-state index < -0.39 is 24.4 Å². The van der Waals surface area contributed by atoms with Crippen LogP contribution >= 0.6 is 0 Å². The van der Waals surface area contributed by atoms with Gasteiger partial charge in [0, 0.05) is 13.5 Å². The van der Waals surface area contributed by atoms with Crippen LogP contribution in [0.5, 0.6) is 11.5 Å². The zero-order valence-corrected chi connectivity index (χ0v) is 19.6. The average Bonchev–Trinajstić information content (AvgIpc) is 2.84. The predicted molar refractivity (Wildman–Crippen MR) is 125 cm³/mol. The van der Waals surface area contributed by atoms with Crippen LogP contribution in [0.3, 0.4) is 0 Å². The van der Waals surface area contributed by atoms with Crippen molar-refractivity contribution in [1.29, 1.82) is 0 Å². The molecule has 0 aromatic heterocycles. The van der Waals surface area contributed by atoms with Crippen LogP contribution in [0, 0.1) is 0 Å². The standard InChI is InChI=1S/C25H32N2O7/c1-3-30-22-11-7-8-12-23(22)32-17-20-16-27(13-14-31-20)25(29)34-18(2)33-24(28)21(26)15-19-9-5-4-6-10-19/h4-12,18,20-21H,3,13-17,26H2,1-2H3/t18?,20?,21-/m0/s1. The number of rotatable bonds is 10. The summed E-state index contributed by atoms with van der Waals surface area (Å²) in [6.45, 7) is 5.14. The first-order valence-corrected chi connectivity index (χ1v) is 11.4. The zero-order chi connectivity index (χ0) is 24.3. The van der Waals surface area contributed by atoms with Gasteiger partial charge in [0.2, 0.25) is 6.29 Å². The molecule has 1 fully saturated rings. The lowest BCUT2D eigenvalue weighted by molar-refractivity contribution is -0.168. The summed E-state index contributed by atoms with van der Waals surface area (Å²) in [5.41, 5.74) is 6.85. The highest BCUT2D eigenvalue weighted by atomic mass is 16.7. The number of nitrogens with zero attached hydrogens (tertiary/aromatic N) is 1. The first kappa shape index (κ1) is 25.3. The van der Waals surface area contributed by atoms with Crippen molar-refractivity contribution >= 4 is 12.1 Å². The Labute approximate surface area is 199 Å². The Kier molecular flexibility index (Phi) is 9.54. The molecule has 1 aliphatic heterocycles. The van der Waals surface area contributed by atoms with Gasteiger partial charge in [-0.25, -0.2) is 4.79 Å². The summed E-state index contributed by atoms with van der Waals surface area (Å²) in [7, 11) is 0. The Balaban J connectivity index is 1.44. The molecule has 3 atom stereocenters. The molecule has 1 heterocycles. The maximum Gasteiger partial charge on any atom is 0.413 e. The molecule has 2 aromatic carbocycles. The van der Waals surface area contributed by atoms with Crippen molar-refractivity contribution < 1.29 is 33.3 Å². The Morgan fingerprint density at radius 1 is 1.06 bits per heavy atom. The first-order chi connectivity index (χ1) is 16.5. The zero-order valence-electron chi connectivity index (χ0n) is 19.6. The number of para-hydroxylation sites is 2. The molecule has 184 valence electrons. The fourth-order valence-corrected chi connectivity index (χ4v) is 3.46. The van der Waals surface area contributed by atoms with E-state index in [0.29, 0.717) is 37.7 Å². The van der Waals surface area contributed by atoms with Gasteiger partial charge in [-0.3, -0.25) is 4.79 Å². The molecule has 3 rings (SSSR count). The molecule has 0 radical (unpaired) electrons. The average molecular weight is 473 g/mol. The van der Waals surface area contributed by atoms with E-state index in [4.69, 9.17) is 29.4 Å². The molecule has 2 unspecified atom stereocenters. The maximum atomic E-state index is 12.6. The highest BCUT2D eigenvalue weighted by molar-refractivity contribution is 5.76. The Bertz CT molecular complexity index is 924. The second kappa shape index (κ2) is 12.8. The van der Waals surface area contributed by atoms with Crippen LogP contribution in [0.15, 0.2) is 54.6 Å². The Hall–Kier alpha value is -3.30. The molecule has 0 bridgehead atoms. The van der Waals surface area contributed by atoms with Gasteiger partial charge in [0.25, 0.3) is 0 Å². The van der Waals surface area contributed by atoms with E-state index in [1.54, 1.807) is 0 Å². The molecule has 0 aliphatic carbocycles. The lowest BCUT2D eigenvalue weighted by atomic mass is 10.1. The molecule has 0 spiro atoms. The van der Waals surface area contributed by atoms with Gasteiger partial charge in [0.05, 0.1) is 19.8 Å². The number of hydrogen-bond acceptors (Lipinski definition) is 8. The van der Waals surface area contributed by atoms with Gasteiger partial charge in [0.1, 0.15) is 18.8 Å². The number of carbonyl (C=O) groups is 2. The maximum absolute atomic E-state index is 12.6. The molecule has 1 amide bonds. The quantitative estimate of drug-likeness (QED) is 0.415. The number of carbonyl (C=O) groups excluding carboxylic acids is 2. The van der Waals surface area contributed by atoms with Crippen molar-refractivity contribution in [1.82, 2.24) is 4.90 Å². The van der Waals surface area contributed by atoms with E-state index in [0.717, 1.165) is 5.56 Å². The molecule has 0 saturated carbocycles. The highest BCUT2D eigenvalue weighted by Gasteiger charge is 2.28. The summed E-state index contributed by atoms with van der Waals surface area (Å²) >= 11 is 0. The van der Waals surface area contributed by atoms with Crippen LogP contribution in [0.1, 0.15) is 19.4 Å². The van der Waals surface area contributed by atoms with E-state index in [-0.39, 0.29) is 19.3 Å².